The minimum absolute atomic E-state index is 0.330. The smallest absolute Gasteiger partial charge is 0.175 e. The van der Waals surface area contributed by atoms with Crippen LogP contribution in [0.15, 0.2) is 59.5 Å². The topological polar surface area (TPSA) is 47.0 Å². The maximum atomic E-state index is 11.9. The second-order valence-electron chi connectivity index (χ2n) is 8.75. The third-order valence-electron chi connectivity index (χ3n) is 6.17. The van der Waals surface area contributed by atoms with Crippen molar-refractivity contribution in [3.63, 3.8) is 0 Å². The fraction of sp³-hybridized carbons (Fsp3) is 0.269. The van der Waals surface area contributed by atoms with Gasteiger partial charge in [-0.15, -0.1) is 11.3 Å². The highest BCUT2D eigenvalue weighted by molar-refractivity contribution is 7.90. The van der Waals surface area contributed by atoms with Gasteiger partial charge < -0.3 is 0 Å². The fourth-order valence-electron chi connectivity index (χ4n) is 4.50. The molecule has 0 fully saturated rings. The standard InChI is InChI=1S/C26H25NO2S2/c1-16-5-4-6-19(13-16)22-15-23(18-8-10-20(11-9-18)31(3,28)29)27-26-25(22)21-12-7-17(2)14-24(21)30-26/h4-6,8-11,13,15,17H,7,12,14H2,1-3H3/t17-/m0/s1. The predicted octanol–water partition coefficient (Wildman–Crippen LogP) is 6.47. The van der Waals surface area contributed by atoms with E-state index in [1.807, 2.05) is 23.5 Å². The molecule has 0 saturated carbocycles. The lowest BCUT2D eigenvalue weighted by Crippen LogP contribution is -2.08. The Morgan fingerprint density at radius 3 is 2.52 bits per heavy atom. The zero-order chi connectivity index (χ0) is 21.8. The molecule has 5 heteroatoms. The molecule has 0 spiro atoms. The Bertz CT molecular complexity index is 1400. The van der Waals surface area contributed by atoms with E-state index in [1.165, 1.54) is 45.2 Å². The van der Waals surface area contributed by atoms with Gasteiger partial charge in [0.1, 0.15) is 4.83 Å². The Morgan fingerprint density at radius 1 is 1.03 bits per heavy atom. The van der Waals surface area contributed by atoms with Crippen molar-refractivity contribution in [2.24, 2.45) is 5.92 Å². The molecule has 2 heterocycles. The molecule has 1 aliphatic rings. The van der Waals surface area contributed by atoms with Gasteiger partial charge in [-0.1, -0.05) is 48.9 Å². The molecule has 0 radical (unpaired) electrons. The van der Waals surface area contributed by atoms with Gasteiger partial charge in [-0.05, 0) is 67.0 Å². The van der Waals surface area contributed by atoms with Gasteiger partial charge in [-0.2, -0.15) is 0 Å². The quantitative estimate of drug-likeness (QED) is 0.362. The number of hydrogen-bond donors (Lipinski definition) is 0. The van der Waals surface area contributed by atoms with Crippen LogP contribution in [0.3, 0.4) is 0 Å². The molecule has 0 saturated heterocycles. The van der Waals surface area contributed by atoms with E-state index < -0.39 is 9.84 Å². The van der Waals surface area contributed by atoms with Crippen molar-refractivity contribution in [2.45, 2.75) is 38.0 Å². The van der Waals surface area contributed by atoms with E-state index in [1.54, 1.807) is 12.1 Å². The molecule has 1 atom stereocenters. The monoisotopic (exact) mass is 447 g/mol. The summed E-state index contributed by atoms with van der Waals surface area (Å²) in [6.45, 7) is 4.45. The number of rotatable bonds is 3. The molecular weight excluding hydrogens is 422 g/mol. The Kier molecular flexibility index (Phi) is 4.98. The molecular formula is C26H25NO2S2. The first kappa shape index (κ1) is 20.4. The molecule has 0 bridgehead atoms. The van der Waals surface area contributed by atoms with E-state index in [2.05, 4.69) is 44.2 Å². The maximum Gasteiger partial charge on any atom is 0.175 e. The van der Waals surface area contributed by atoms with Crippen LogP contribution in [0.5, 0.6) is 0 Å². The summed E-state index contributed by atoms with van der Waals surface area (Å²) < 4.78 is 23.7. The molecule has 3 nitrogen and oxygen atoms in total. The third-order valence-corrected chi connectivity index (χ3v) is 8.45. The first-order valence-electron chi connectivity index (χ1n) is 10.6. The summed E-state index contributed by atoms with van der Waals surface area (Å²) in [7, 11) is -3.22. The Balaban J connectivity index is 1.74. The summed E-state index contributed by atoms with van der Waals surface area (Å²) in [5.41, 5.74) is 6.96. The van der Waals surface area contributed by atoms with Crippen LogP contribution in [-0.4, -0.2) is 19.7 Å². The van der Waals surface area contributed by atoms with Gasteiger partial charge in [0.15, 0.2) is 9.84 Å². The number of aromatic nitrogens is 1. The number of thiophene rings is 1. The normalized spacial score (nSPS) is 16.4. The molecule has 0 amide bonds. The van der Waals surface area contributed by atoms with Gasteiger partial charge in [0.05, 0.1) is 10.6 Å². The van der Waals surface area contributed by atoms with Crippen LogP contribution in [0.1, 0.15) is 29.3 Å². The van der Waals surface area contributed by atoms with Crippen LogP contribution in [-0.2, 0) is 22.7 Å². The number of sulfone groups is 1. The number of aryl methyl sites for hydroxylation is 2. The second-order valence-corrected chi connectivity index (χ2v) is 11.9. The first-order chi connectivity index (χ1) is 14.8. The first-order valence-corrected chi connectivity index (χ1v) is 13.3. The summed E-state index contributed by atoms with van der Waals surface area (Å²) in [6.07, 6.45) is 4.70. The van der Waals surface area contributed by atoms with Crippen LogP contribution in [0.2, 0.25) is 0 Å². The van der Waals surface area contributed by atoms with Gasteiger partial charge in [-0.3, -0.25) is 0 Å². The third kappa shape index (κ3) is 3.81. The summed E-state index contributed by atoms with van der Waals surface area (Å²) in [5, 5.41) is 1.30. The van der Waals surface area contributed by atoms with E-state index >= 15 is 0 Å². The van der Waals surface area contributed by atoms with E-state index in [-0.39, 0.29) is 0 Å². The summed E-state index contributed by atoms with van der Waals surface area (Å²) >= 11 is 1.83. The molecule has 2 aromatic heterocycles. The highest BCUT2D eigenvalue weighted by Crippen LogP contribution is 2.43. The Morgan fingerprint density at radius 2 is 1.81 bits per heavy atom. The van der Waals surface area contributed by atoms with Crippen molar-refractivity contribution in [1.29, 1.82) is 0 Å². The minimum Gasteiger partial charge on any atom is -0.237 e. The average molecular weight is 448 g/mol. The average Bonchev–Trinajstić information content (AvgIpc) is 3.10. The number of fused-ring (bicyclic) bond motifs is 3. The van der Waals surface area contributed by atoms with Crippen molar-refractivity contribution in [2.75, 3.05) is 6.26 Å². The zero-order valence-corrected chi connectivity index (χ0v) is 19.6. The van der Waals surface area contributed by atoms with Crippen LogP contribution < -0.4 is 0 Å². The predicted molar refractivity (Wildman–Crippen MR) is 130 cm³/mol. The Hall–Kier alpha value is -2.50. The van der Waals surface area contributed by atoms with Crippen molar-refractivity contribution in [3.8, 4) is 22.4 Å². The fourth-order valence-corrected chi connectivity index (χ4v) is 6.54. The largest absolute Gasteiger partial charge is 0.237 e. The maximum absolute atomic E-state index is 11.9. The number of pyridine rings is 1. The van der Waals surface area contributed by atoms with Crippen LogP contribution in [0.25, 0.3) is 32.6 Å². The molecule has 2 aromatic carbocycles. The summed E-state index contributed by atoms with van der Waals surface area (Å²) in [4.78, 5) is 7.93. The van der Waals surface area contributed by atoms with Gasteiger partial charge in [-0.25, -0.2) is 13.4 Å². The van der Waals surface area contributed by atoms with Gasteiger partial charge in [0.2, 0.25) is 0 Å². The number of benzene rings is 2. The SMILES string of the molecule is Cc1cccc(-c2cc(-c3ccc(S(C)(=O)=O)cc3)nc3sc4c(c23)CC[C@H](C)C4)c1. The lowest BCUT2D eigenvalue weighted by atomic mass is 9.87. The van der Waals surface area contributed by atoms with E-state index in [4.69, 9.17) is 4.98 Å². The molecule has 1 aliphatic carbocycles. The van der Waals surface area contributed by atoms with Crippen LogP contribution in [0, 0.1) is 12.8 Å². The van der Waals surface area contributed by atoms with Crippen LogP contribution in [0.4, 0.5) is 0 Å². The molecule has 4 aromatic rings. The number of nitrogens with zero attached hydrogens (tertiary/aromatic N) is 1. The van der Waals surface area contributed by atoms with Crippen molar-refractivity contribution < 1.29 is 8.42 Å². The van der Waals surface area contributed by atoms with E-state index in [0.29, 0.717) is 10.8 Å². The van der Waals surface area contributed by atoms with Gasteiger partial charge >= 0.3 is 0 Å². The lowest BCUT2D eigenvalue weighted by Gasteiger charge is -2.18. The molecule has 158 valence electrons. The molecule has 31 heavy (non-hydrogen) atoms. The lowest BCUT2D eigenvalue weighted by molar-refractivity contribution is 0.509. The van der Waals surface area contributed by atoms with E-state index in [0.717, 1.165) is 28.9 Å². The van der Waals surface area contributed by atoms with E-state index in [9.17, 15) is 8.42 Å². The molecule has 5 rings (SSSR count). The highest BCUT2D eigenvalue weighted by atomic mass is 32.2. The van der Waals surface area contributed by atoms with Crippen molar-refractivity contribution in [1.82, 2.24) is 4.98 Å². The van der Waals surface area contributed by atoms with Crippen molar-refractivity contribution >= 4 is 31.4 Å². The summed E-state index contributed by atoms with van der Waals surface area (Å²) in [6, 6.07) is 17.9. The highest BCUT2D eigenvalue weighted by Gasteiger charge is 2.24. The summed E-state index contributed by atoms with van der Waals surface area (Å²) in [5.74, 6) is 0.714. The van der Waals surface area contributed by atoms with Gasteiger partial charge in [0.25, 0.3) is 0 Å². The van der Waals surface area contributed by atoms with Crippen molar-refractivity contribution in [3.05, 3.63) is 70.6 Å². The molecule has 0 aliphatic heterocycles. The minimum atomic E-state index is -3.22. The second kappa shape index (κ2) is 7.57. The molecule has 0 unspecified atom stereocenters. The Labute approximate surface area is 187 Å². The van der Waals surface area contributed by atoms with Gasteiger partial charge in [0, 0.05) is 22.1 Å². The number of hydrogen-bond acceptors (Lipinski definition) is 4. The molecule has 0 N–H and O–H groups in total. The van der Waals surface area contributed by atoms with Crippen LogP contribution >= 0.6 is 11.3 Å². The zero-order valence-electron chi connectivity index (χ0n) is 18.0.